The molecule has 0 saturated carbocycles. The molecule has 0 spiro atoms. The number of hydrogen-bond donors (Lipinski definition) is 0. The minimum atomic E-state index is 0. The molecule has 0 aromatic heterocycles. The maximum absolute atomic E-state index is 2.46. The Morgan fingerprint density at radius 1 is 0.706 bits per heavy atom. The highest BCUT2D eigenvalue weighted by Crippen LogP contribution is 2.00. The summed E-state index contributed by atoms with van der Waals surface area (Å²) in [5.41, 5.74) is 0. The molecule has 0 heterocycles. The monoisotopic (exact) mass is 263 g/mol. The molecule has 0 fully saturated rings. The van der Waals surface area contributed by atoms with Crippen molar-refractivity contribution < 1.29 is 17.0 Å². The first-order chi connectivity index (χ1) is 7.69. The van der Waals surface area contributed by atoms with Gasteiger partial charge >= 0.3 is 5.96 Å². The van der Waals surface area contributed by atoms with E-state index in [1.165, 1.54) is 5.96 Å². The summed E-state index contributed by atoms with van der Waals surface area (Å²) in [7, 11) is 0. The molecule has 0 bridgehead atoms. The summed E-state index contributed by atoms with van der Waals surface area (Å²) in [6.45, 7) is 19.9. The number of rotatable bonds is 6. The molecule has 0 amide bonds. The minimum absolute atomic E-state index is 0. The number of hydrogen-bond acceptors (Lipinski definition) is 0. The lowest BCUT2D eigenvalue weighted by molar-refractivity contribution is -0.531. The van der Waals surface area contributed by atoms with Crippen LogP contribution in [0, 0.1) is 0 Å². The normalized spacial score (nSPS) is 9.53. The fourth-order valence-electron chi connectivity index (χ4n) is 2.12. The van der Waals surface area contributed by atoms with Crippen molar-refractivity contribution in [2.75, 3.05) is 39.3 Å². The van der Waals surface area contributed by atoms with Gasteiger partial charge in [-0.3, -0.25) is 14.4 Å². The second-order valence-corrected chi connectivity index (χ2v) is 3.82. The van der Waals surface area contributed by atoms with Gasteiger partial charge in [0.2, 0.25) is 0 Å². The first kappa shape index (κ1) is 18.9. The summed E-state index contributed by atoms with van der Waals surface area (Å²) < 4.78 is 2.46. The van der Waals surface area contributed by atoms with Crippen LogP contribution in [0.3, 0.4) is 0 Å². The highest BCUT2D eigenvalue weighted by atomic mass is 35.5. The standard InChI is InChI=1S/C13H30N3.ClH/c1-7-14(8-2)13(15(9-3)10-4)16(11-5)12-6;/h7-12H2,1-6H3;1H/q+1;/p-1. The van der Waals surface area contributed by atoms with Crippen LogP contribution in [0.2, 0.25) is 0 Å². The zero-order valence-electron chi connectivity index (χ0n) is 12.5. The zero-order chi connectivity index (χ0) is 12.6. The molecule has 0 aromatic carbocycles. The Morgan fingerprint density at radius 2 is 1.00 bits per heavy atom. The van der Waals surface area contributed by atoms with Crippen molar-refractivity contribution in [1.82, 2.24) is 9.80 Å². The summed E-state index contributed by atoms with van der Waals surface area (Å²) in [6.07, 6.45) is 0. The Labute approximate surface area is 114 Å². The summed E-state index contributed by atoms with van der Waals surface area (Å²) in [5, 5.41) is 0. The molecule has 104 valence electrons. The number of halogens is 1. The van der Waals surface area contributed by atoms with Gasteiger partial charge in [0.25, 0.3) is 0 Å². The lowest BCUT2D eigenvalue weighted by Gasteiger charge is -2.27. The third-order valence-corrected chi connectivity index (χ3v) is 3.14. The van der Waals surface area contributed by atoms with E-state index in [-0.39, 0.29) is 12.4 Å². The Morgan fingerprint density at radius 3 is 1.18 bits per heavy atom. The fourth-order valence-corrected chi connectivity index (χ4v) is 2.12. The molecule has 17 heavy (non-hydrogen) atoms. The predicted octanol–water partition coefficient (Wildman–Crippen LogP) is -0.918. The largest absolute Gasteiger partial charge is 1.00 e. The Hall–Kier alpha value is -0.440. The summed E-state index contributed by atoms with van der Waals surface area (Å²) in [5.74, 6) is 1.40. The lowest BCUT2D eigenvalue weighted by Crippen LogP contribution is -3.00. The third kappa shape index (κ3) is 5.15. The maximum Gasteiger partial charge on any atom is 0.350 e. The van der Waals surface area contributed by atoms with Crippen molar-refractivity contribution in [3.8, 4) is 0 Å². The fraction of sp³-hybridized carbons (Fsp3) is 0.923. The molecule has 0 N–H and O–H groups in total. The van der Waals surface area contributed by atoms with Crippen LogP contribution in [0.5, 0.6) is 0 Å². The SMILES string of the molecule is CCN(CC)C(N(CC)CC)=[N+](CC)CC.[Cl-]. The minimum Gasteiger partial charge on any atom is -1.00 e. The molecule has 0 aromatic rings. The molecule has 0 unspecified atom stereocenters. The van der Waals surface area contributed by atoms with Gasteiger partial charge in [0, 0.05) is 0 Å². The van der Waals surface area contributed by atoms with E-state index in [0.717, 1.165) is 39.3 Å². The van der Waals surface area contributed by atoms with Crippen LogP contribution >= 0.6 is 0 Å². The Kier molecular flexibility index (Phi) is 11.9. The smallest absolute Gasteiger partial charge is 0.350 e. The average Bonchev–Trinajstić information content (AvgIpc) is 2.33. The van der Waals surface area contributed by atoms with E-state index in [0.29, 0.717) is 0 Å². The molecule has 0 atom stereocenters. The van der Waals surface area contributed by atoms with Gasteiger partial charge in [0.05, 0.1) is 39.3 Å². The topological polar surface area (TPSA) is 9.49 Å². The molecular weight excluding hydrogens is 234 g/mol. The van der Waals surface area contributed by atoms with E-state index in [1.54, 1.807) is 0 Å². The van der Waals surface area contributed by atoms with Gasteiger partial charge < -0.3 is 12.4 Å². The van der Waals surface area contributed by atoms with Crippen LogP contribution in [0.15, 0.2) is 0 Å². The van der Waals surface area contributed by atoms with E-state index in [2.05, 4.69) is 55.9 Å². The van der Waals surface area contributed by atoms with Crippen molar-refractivity contribution in [3.63, 3.8) is 0 Å². The van der Waals surface area contributed by atoms with E-state index in [9.17, 15) is 0 Å². The predicted molar refractivity (Wildman–Crippen MR) is 72.2 cm³/mol. The lowest BCUT2D eigenvalue weighted by atomic mass is 10.4. The Bertz CT molecular complexity index is 189. The number of nitrogens with zero attached hydrogens (tertiary/aromatic N) is 3. The molecule has 3 nitrogen and oxygen atoms in total. The summed E-state index contributed by atoms with van der Waals surface area (Å²) >= 11 is 0. The van der Waals surface area contributed by atoms with Crippen LogP contribution in [-0.2, 0) is 0 Å². The van der Waals surface area contributed by atoms with Crippen LogP contribution < -0.4 is 12.4 Å². The van der Waals surface area contributed by atoms with E-state index < -0.39 is 0 Å². The van der Waals surface area contributed by atoms with Crippen molar-refractivity contribution >= 4 is 5.96 Å². The molecule has 0 aliphatic rings. The second kappa shape index (κ2) is 10.7. The summed E-state index contributed by atoms with van der Waals surface area (Å²) in [6, 6.07) is 0. The van der Waals surface area contributed by atoms with Gasteiger partial charge in [-0.1, -0.05) is 0 Å². The summed E-state index contributed by atoms with van der Waals surface area (Å²) in [4.78, 5) is 4.92. The third-order valence-electron chi connectivity index (χ3n) is 3.14. The van der Waals surface area contributed by atoms with Crippen LogP contribution in [0.25, 0.3) is 0 Å². The van der Waals surface area contributed by atoms with Gasteiger partial charge in [0.15, 0.2) is 0 Å². The van der Waals surface area contributed by atoms with E-state index >= 15 is 0 Å². The molecular formula is C13H30ClN3. The zero-order valence-corrected chi connectivity index (χ0v) is 13.2. The highest BCUT2D eigenvalue weighted by molar-refractivity contribution is 5.75. The molecule has 0 saturated heterocycles. The maximum atomic E-state index is 2.46. The molecule has 0 rings (SSSR count). The molecule has 0 aliphatic heterocycles. The van der Waals surface area contributed by atoms with Gasteiger partial charge in [-0.05, 0) is 41.5 Å². The second-order valence-electron chi connectivity index (χ2n) is 3.82. The van der Waals surface area contributed by atoms with Gasteiger partial charge in [-0.25, -0.2) is 0 Å². The first-order valence-corrected chi connectivity index (χ1v) is 6.81. The van der Waals surface area contributed by atoms with Crippen molar-refractivity contribution in [2.24, 2.45) is 0 Å². The van der Waals surface area contributed by atoms with E-state index in [4.69, 9.17) is 0 Å². The first-order valence-electron chi connectivity index (χ1n) is 6.81. The van der Waals surface area contributed by atoms with Gasteiger partial charge in [-0.2, -0.15) is 0 Å². The number of guanidine groups is 1. The molecule has 4 heteroatoms. The van der Waals surface area contributed by atoms with Crippen molar-refractivity contribution in [2.45, 2.75) is 41.5 Å². The van der Waals surface area contributed by atoms with Crippen molar-refractivity contribution in [1.29, 1.82) is 0 Å². The molecule has 0 radical (unpaired) electrons. The Balaban J connectivity index is 0. The highest BCUT2D eigenvalue weighted by Gasteiger charge is 2.24. The quantitative estimate of drug-likeness (QED) is 0.349. The van der Waals surface area contributed by atoms with Crippen LogP contribution in [-0.4, -0.2) is 59.6 Å². The van der Waals surface area contributed by atoms with Crippen LogP contribution in [0.4, 0.5) is 0 Å². The van der Waals surface area contributed by atoms with E-state index in [1.807, 2.05) is 0 Å². The van der Waals surface area contributed by atoms with Gasteiger partial charge in [0.1, 0.15) is 0 Å². The van der Waals surface area contributed by atoms with Gasteiger partial charge in [-0.15, -0.1) is 0 Å². The van der Waals surface area contributed by atoms with Crippen molar-refractivity contribution in [3.05, 3.63) is 0 Å². The van der Waals surface area contributed by atoms with Crippen LogP contribution in [0.1, 0.15) is 41.5 Å². The average molecular weight is 264 g/mol. The molecule has 0 aliphatic carbocycles.